The molecule has 1 rings (SSSR count). The van der Waals surface area contributed by atoms with E-state index in [-0.39, 0.29) is 0 Å². The van der Waals surface area contributed by atoms with Crippen LogP contribution in [-0.4, -0.2) is 17.3 Å². The van der Waals surface area contributed by atoms with Crippen molar-refractivity contribution in [2.45, 2.75) is 4.90 Å². The molecule has 0 aliphatic carbocycles. The molecule has 1 unspecified atom stereocenters. The second-order valence-corrected chi connectivity index (χ2v) is 3.38. The third-order valence-corrected chi connectivity index (χ3v) is 2.21. The standard InChI is InChI=1S/C8H9NO3S/c1-12-8(10)6-3-2-4-7(5-6)13(9)11/h2-5H,9H2,1H3. The van der Waals surface area contributed by atoms with Crippen LogP contribution in [0.1, 0.15) is 10.4 Å². The number of benzene rings is 1. The zero-order valence-corrected chi connectivity index (χ0v) is 7.84. The predicted molar refractivity (Wildman–Crippen MR) is 48.4 cm³/mol. The third kappa shape index (κ3) is 2.37. The first kappa shape index (κ1) is 9.88. The van der Waals surface area contributed by atoms with Gasteiger partial charge in [-0.25, -0.2) is 14.1 Å². The minimum absolute atomic E-state index is 0.346. The van der Waals surface area contributed by atoms with Gasteiger partial charge in [0, 0.05) is 0 Å². The van der Waals surface area contributed by atoms with Crippen LogP contribution >= 0.6 is 0 Å². The third-order valence-electron chi connectivity index (χ3n) is 1.49. The average Bonchev–Trinajstić information content (AvgIpc) is 2.17. The van der Waals surface area contributed by atoms with E-state index >= 15 is 0 Å². The molecular formula is C8H9NO3S. The van der Waals surface area contributed by atoms with Gasteiger partial charge in [-0.3, -0.25) is 0 Å². The molecule has 0 heterocycles. The summed E-state index contributed by atoms with van der Waals surface area (Å²) in [7, 11) is -0.279. The fraction of sp³-hybridized carbons (Fsp3) is 0.125. The number of nitrogens with two attached hydrogens (primary N) is 1. The van der Waals surface area contributed by atoms with E-state index in [9.17, 15) is 9.00 Å². The van der Waals surface area contributed by atoms with E-state index in [4.69, 9.17) is 5.14 Å². The van der Waals surface area contributed by atoms with E-state index in [0.29, 0.717) is 10.5 Å². The zero-order valence-electron chi connectivity index (χ0n) is 7.02. The predicted octanol–water partition coefficient (Wildman–Crippen LogP) is 0.455. The summed E-state index contributed by atoms with van der Waals surface area (Å²) in [6.45, 7) is 0. The Hall–Kier alpha value is -1.20. The maximum Gasteiger partial charge on any atom is 0.337 e. The number of hydrogen-bond donors (Lipinski definition) is 1. The maximum atomic E-state index is 11.0. The second-order valence-electron chi connectivity index (χ2n) is 2.32. The van der Waals surface area contributed by atoms with Crippen molar-refractivity contribution in [1.82, 2.24) is 0 Å². The smallest absolute Gasteiger partial charge is 0.337 e. The number of methoxy groups -OCH3 is 1. The fourth-order valence-corrected chi connectivity index (χ4v) is 1.32. The molecule has 70 valence electrons. The van der Waals surface area contributed by atoms with E-state index in [1.54, 1.807) is 18.2 Å². The van der Waals surface area contributed by atoms with Crippen LogP contribution in [0.2, 0.25) is 0 Å². The van der Waals surface area contributed by atoms with Gasteiger partial charge in [-0.1, -0.05) is 6.07 Å². The highest BCUT2D eigenvalue weighted by molar-refractivity contribution is 7.82. The molecule has 13 heavy (non-hydrogen) atoms. The lowest BCUT2D eigenvalue weighted by atomic mass is 10.2. The molecule has 0 aliphatic rings. The molecule has 4 nitrogen and oxygen atoms in total. The monoisotopic (exact) mass is 199 g/mol. The minimum atomic E-state index is -1.57. The van der Waals surface area contributed by atoms with Gasteiger partial charge in [0.25, 0.3) is 0 Å². The maximum absolute atomic E-state index is 11.0. The summed E-state index contributed by atoms with van der Waals surface area (Å²) in [6, 6.07) is 6.21. The molecule has 0 amide bonds. The Kier molecular flexibility index (Phi) is 3.16. The lowest BCUT2D eigenvalue weighted by molar-refractivity contribution is 0.0600. The van der Waals surface area contributed by atoms with Gasteiger partial charge in [-0.2, -0.15) is 0 Å². The Labute approximate surface area is 78.3 Å². The first-order valence-corrected chi connectivity index (χ1v) is 4.71. The SMILES string of the molecule is COC(=O)c1cccc(S(N)=O)c1. The molecule has 0 fully saturated rings. The van der Waals surface area contributed by atoms with Gasteiger partial charge in [0.1, 0.15) is 11.0 Å². The first-order valence-electron chi connectivity index (χ1n) is 3.49. The Morgan fingerprint density at radius 1 is 1.54 bits per heavy atom. The summed E-state index contributed by atoms with van der Waals surface area (Å²) in [5, 5.41) is 5.14. The molecular weight excluding hydrogens is 190 g/mol. The van der Waals surface area contributed by atoms with Gasteiger partial charge in [-0.05, 0) is 18.2 Å². The van der Waals surface area contributed by atoms with Crippen molar-refractivity contribution in [1.29, 1.82) is 0 Å². The van der Waals surface area contributed by atoms with E-state index in [1.165, 1.54) is 13.2 Å². The second kappa shape index (κ2) is 4.15. The first-order chi connectivity index (χ1) is 6.15. The van der Waals surface area contributed by atoms with Crippen LogP contribution in [-0.2, 0) is 15.7 Å². The molecule has 1 aromatic rings. The topological polar surface area (TPSA) is 69.4 Å². The van der Waals surface area contributed by atoms with Crippen LogP contribution in [0.5, 0.6) is 0 Å². The van der Waals surface area contributed by atoms with Crippen molar-refractivity contribution >= 4 is 17.0 Å². The van der Waals surface area contributed by atoms with Gasteiger partial charge in [-0.15, -0.1) is 0 Å². The molecule has 0 saturated heterocycles. The van der Waals surface area contributed by atoms with Crippen molar-refractivity contribution in [2.75, 3.05) is 7.11 Å². The summed E-state index contributed by atoms with van der Waals surface area (Å²) in [4.78, 5) is 11.4. The van der Waals surface area contributed by atoms with E-state index < -0.39 is 17.0 Å². The van der Waals surface area contributed by atoms with Crippen molar-refractivity contribution in [3.05, 3.63) is 29.8 Å². The van der Waals surface area contributed by atoms with Crippen molar-refractivity contribution < 1.29 is 13.7 Å². The number of carbonyl (C=O) groups is 1. The molecule has 5 heteroatoms. The number of esters is 1. The van der Waals surface area contributed by atoms with Crippen LogP contribution in [0.4, 0.5) is 0 Å². The summed E-state index contributed by atoms with van der Waals surface area (Å²) < 4.78 is 15.3. The number of rotatable bonds is 2. The molecule has 0 aromatic heterocycles. The molecule has 2 N–H and O–H groups in total. The summed E-state index contributed by atoms with van der Waals surface area (Å²) in [5.41, 5.74) is 0.346. The van der Waals surface area contributed by atoms with Gasteiger partial charge in [0.2, 0.25) is 0 Å². The Balaban J connectivity index is 3.05. The fourth-order valence-electron chi connectivity index (χ4n) is 0.866. The minimum Gasteiger partial charge on any atom is -0.465 e. The van der Waals surface area contributed by atoms with Crippen molar-refractivity contribution in [2.24, 2.45) is 5.14 Å². The Morgan fingerprint density at radius 3 is 2.77 bits per heavy atom. The highest BCUT2D eigenvalue weighted by atomic mass is 32.2. The summed E-state index contributed by atoms with van der Waals surface area (Å²) in [6.07, 6.45) is 0. The van der Waals surface area contributed by atoms with Gasteiger partial charge >= 0.3 is 5.97 Å². The largest absolute Gasteiger partial charge is 0.465 e. The highest BCUT2D eigenvalue weighted by Gasteiger charge is 2.06. The van der Waals surface area contributed by atoms with Crippen LogP contribution in [0.3, 0.4) is 0 Å². The molecule has 1 atom stereocenters. The molecule has 0 saturated carbocycles. The summed E-state index contributed by atoms with van der Waals surface area (Å²) in [5.74, 6) is -0.465. The Bertz CT molecular complexity index is 351. The lowest BCUT2D eigenvalue weighted by Crippen LogP contribution is -2.06. The van der Waals surface area contributed by atoms with E-state index in [1.807, 2.05) is 0 Å². The highest BCUT2D eigenvalue weighted by Crippen LogP contribution is 2.08. The number of carbonyl (C=O) groups excluding carboxylic acids is 1. The quantitative estimate of drug-likeness (QED) is 0.703. The van der Waals surface area contributed by atoms with Gasteiger partial charge in [0.15, 0.2) is 0 Å². The van der Waals surface area contributed by atoms with Crippen molar-refractivity contribution in [3.8, 4) is 0 Å². The van der Waals surface area contributed by atoms with E-state index in [0.717, 1.165) is 0 Å². The van der Waals surface area contributed by atoms with E-state index in [2.05, 4.69) is 4.74 Å². The molecule has 0 aliphatic heterocycles. The number of hydrogen-bond acceptors (Lipinski definition) is 3. The van der Waals surface area contributed by atoms with Crippen molar-refractivity contribution in [3.63, 3.8) is 0 Å². The number of ether oxygens (including phenoxy) is 1. The summed E-state index contributed by atoms with van der Waals surface area (Å²) >= 11 is 0. The average molecular weight is 199 g/mol. The normalized spacial score (nSPS) is 12.2. The van der Waals surface area contributed by atoms with Crippen LogP contribution in [0.15, 0.2) is 29.2 Å². The lowest BCUT2D eigenvalue weighted by Gasteiger charge is -2.00. The van der Waals surface area contributed by atoms with Crippen LogP contribution in [0, 0.1) is 0 Å². The molecule has 0 radical (unpaired) electrons. The Morgan fingerprint density at radius 2 is 2.23 bits per heavy atom. The molecule has 0 bridgehead atoms. The molecule has 1 aromatic carbocycles. The zero-order chi connectivity index (χ0) is 9.84. The van der Waals surface area contributed by atoms with Crippen LogP contribution in [0.25, 0.3) is 0 Å². The van der Waals surface area contributed by atoms with Crippen LogP contribution < -0.4 is 5.14 Å². The molecule has 0 spiro atoms. The van der Waals surface area contributed by atoms with Gasteiger partial charge in [0.05, 0.1) is 17.6 Å². The van der Waals surface area contributed by atoms with Gasteiger partial charge < -0.3 is 4.74 Å².